The van der Waals surface area contributed by atoms with Crippen molar-refractivity contribution < 1.29 is 9.59 Å². The quantitative estimate of drug-likeness (QED) is 0.804. The van der Waals surface area contributed by atoms with Crippen LogP contribution in [0.15, 0.2) is 18.2 Å². The fourth-order valence-electron chi connectivity index (χ4n) is 4.01. The van der Waals surface area contributed by atoms with Gasteiger partial charge < -0.3 is 15.1 Å². The number of anilines is 1. The van der Waals surface area contributed by atoms with Crippen LogP contribution in [-0.4, -0.2) is 54.3 Å². The summed E-state index contributed by atoms with van der Waals surface area (Å²) < 4.78 is 0. The van der Waals surface area contributed by atoms with Gasteiger partial charge in [0, 0.05) is 24.8 Å². The normalized spacial score (nSPS) is 24.4. The number of hydrogen-bond acceptors (Lipinski definition) is 3. The van der Waals surface area contributed by atoms with Crippen molar-refractivity contribution in [1.82, 2.24) is 9.80 Å². The van der Waals surface area contributed by atoms with Crippen LogP contribution >= 0.6 is 0 Å². The Morgan fingerprint density at radius 1 is 1.17 bits per heavy atom. The minimum absolute atomic E-state index is 0.215. The number of carbonyl (C=O) groups is 2. The molecule has 2 atom stereocenters. The van der Waals surface area contributed by atoms with Crippen molar-refractivity contribution in [1.29, 1.82) is 0 Å². The number of nitrogens with one attached hydrogen (secondary N) is 1. The Labute approximate surface area is 144 Å². The van der Waals surface area contributed by atoms with Gasteiger partial charge in [-0.3, -0.25) is 9.59 Å². The molecular weight excluding hydrogens is 302 g/mol. The predicted molar refractivity (Wildman–Crippen MR) is 94.9 cm³/mol. The summed E-state index contributed by atoms with van der Waals surface area (Å²) in [4.78, 5) is 29.4. The van der Waals surface area contributed by atoms with Gasteiger partial charge in [0.15, 0.2) is 0 Å². The summed E-state index contributed by atoms with van der Waals surface area (Å²) in [5.41, 5.74) is 2.76. The molecule has 0 radical (unpaired) electrons. The Bertz CT molecular complexity index is 643. The second kappa shape index (κ2) is 6.93. The molecule has 2 aliphatic rings. The van der Waals surface area contributed by atoms with Gasteiger partial charge in [-0.05, 0) is 69.8 Å². The smallest absolute Gasteiger partial charge is 0.313 e. The lowest BCUT2D eigenvalue weighted by atomic mass is 9.84. The van der Waals surface area contributed by atoms with E-state index in [2.05, 4.69) is 17.3 Å². The lowest BCUT2D eigenvalue weighted by Crippen LogP contribution is -2.57. The van der Waals surface area contributed by atoms with Crippen LogP contribution in [0.1, 0.15) is 30.4 Å². The van der Waals surface area contributed by atoms with Gasteiger partial charge in [-0.1, -0.05) is 12.1 Å². The first-order valence-electron chi connectivity index (χ1n) is 8.83. The first-order valence-corrected chi connectivity index (χ1v) is 8.83. The third-order valence-electron chi connectivity index (χ3n) is 5.37. The molecule has 1 N–H and O–H groups in total. The van der Waals surface area contributed by atoms with Gasteiger partial charge in [0.1, 0.15) is 0 Å². The summed E-state index contributed by atoms with van der Waals surface area (Å²) in [7, 11) is 2.13. The molecule has 2 heterocycles. The van der Waals surface area contributed by atoms with Crippen LogP contribution in [0.25, 0.3) is 0 Å². The highest BCUT2D eigenvalue weighted by Crippen LogP contribution is 2.30. The summed E-state index contributed by atoms with van der Waals surface area (Å²) in [6.45, 7) is 6.62. The van der Waals surface area contributed by atoms with Crippen LogP contribution in [-0.2, 0) is 9.59 Å². The van der Waals surface area contributed by atoms with E-state index in [1.165, 1.54) is 0 Å². The Balaban J connectivity index is 1.71. The second-order valence-corrected chi connectivity index (χ2v) is 7.29. The number of amides is 2. The van der Waals surface area contributed by atoms with Crippen LogP contribution in [0.3, 0.4) is 0 Å². The molecule has 0 saturated carbocycles. The Kier molecular flexibility index (Phi) is 4.90. The molecule has 2 amide bonds. The van der Waals surface area contributed by atoms with Crippen molar-refractivity contribution in [2.75, 3.05) is 32.0 Å². The topological polar surface area (TPSA) is 52.7 Å². The highest BCUT2D eigenvalue weighted by molar-refractivity contribution is 6.39. The molecule has 0 aliphatic carbocycles. The minimum atomic E-state index is -0.511. The summed E-state index contributed by atoms with van der Waals surface area (Å²) in [6.07, 6.45) is 3.10. The van der Waals surface area contributed by atoms with Gasteiger partial charge in [0.25, 0.3) is 0 Å². The zero-order valence-electron chi connectivity index (χ0n) is 14.8. The van der Waals surface area contributed by atoms with E-state index in [9.17, 15) is 9.59 Å². The zero-order chi connectivity index (χ0) is 17.3. The zero-order valence-corrected chi connectivity index (χ0v) is 14.8. The van der Waals surface area contributed by atoms with E-state index in [1.807, 2.05) is 36.9 Å². The summed E-state index contributed by atoms with van der Waals surface area (Å²) in [5, 5.41) is 2.81. The molecule has 5 nitrogen and oxygen atoms in total. The average Bonchev–Trinajstić information content (AvgIpc) is 2.56. The predicted octanol–water partition coefficient (Wildman–Crippen LogP) is 2.18. The number of likely N-dealkylation sites (tertiary alicyclic amines) is 2. The van der Waals surface area contributed by atoms with Crippen LogP contribution < -0.4 is 5.32 Å². The molecule has 2 aliphatic heterocycles. The van der Waals surface area contributed by atoms with Gasteiger partial charge >= 0.3 is 11.8 Å². The number of piperidine rings is 2. The summed E-state index contributed by atoms with van der Waals surface area (Å²) in [5.74, 6) is -0.395. The van der Waals surface area contributed by atoms with Gasteiger partial charge in [-0.25, -0.2) is 0 Å². The first-order chi connectivity index (χ1) is 11.5. The number of rotatable bonds is 1. The third kappa shape index (κ3) is 3.46. The fraction of sp³-hybridized carbons (Fsp3) is 0.579. The Morgan fingerprint density at radius 2 is 1.96 bits per heavy atom. The van der Waals surface area contributed by atoms with E-state index in [4.69, 9.17) is 0 Å². The van der Waals surface area contributed by atoms with E-state index in [-0.39, 0.29) is 11.9 Å². The minimum Gasteiger partial charge on any atom is -0.331 e. The molecule has 2 fully saturated rings. The average molecular weight is 329 g/mol. The number of nitrogens with zero attached hydrogens (tertiary/aromatic N) is 2. The number of aryl methyl sites for hydroxylation is 2. The van der Waals surface area contributed by atoms with E-state index < -0.39 is 5.91 Å². The largest absolute Gasteiger partial charge is 0.331 e. The maximum atomic E-state index is 12.7. The van der Waals surface area contributed by atoms with Crippen molar-refractivity contribution in [3.05, 3.63) is 29.3 Å². The summed E-state index contributed by atoms with van der Waals surface area (Å²) >= 11 is 0. The van der Waals surface area contributed by atoms with Crippen LogP contribution in [0.2, 0.25) is 0 Å². The lowest BCUT2D eigenvalue weighted by molar-refractivity contribution is -0.148. The molecule has 24 heavy (non-hydrogen) atoms. The molecule has 0 spiro atoms. The van der Waals surface area contributed by atoms with Gasteiger partial charge in [0.2, 0.25) is 0 Å². The molecule has 2 saturated heterocycles. The number of carbonyl (C=O) groups excluding carboxylic acids is 2. The fourth-order valence-corrected chi connectivity index (χ4v) is 4.01. The van der Waals surface area contributed by atoms with Crippen molar-refractivity contribution in [3.8, 4) is 0 Å². The number of hydrogen-bond donors (Lipinski definition) is 1. The molecule has 5 heteroatoms. The van der Waals surface area contributed by atoms with Crippen LogP contribution in [0.4, 0.5) is 5.69 Å². The van der Waals surface area contributed by atoms with Crippen LogP contribution in [0.5, 0.6) is 0 Å². The molecule has 0 aromatic heterocycles. The molecular formula is C19H27N3O2. The standard InChI is InChI=1S/C19H27N3O2/c1-13-6-7-14(2)16(11-13)20-18(23)19(24)22-9-4-5-15-12-21(3)10-8-17(15)22/h6-7,11,15,17H,4-5,8-10,12H2,1-3H3,(H,20,23). The van der Waals surface area contributed by atoms with E-state index >= 15 is 0 Å². The van der Waals surface area contributed by atoms with E-state index in [1.54, 1.807) is 0 Å². The van der Waals surface area contributed by atoms with E-state index in [0.717, 1.165) is 49.2 Å². The molecule has 2 unspecified atom stereocenters. The van der Waals surface area contributed by atoms with Crippen molar-refractivity contribution in [2.45, 2.75) is 39.2 Å². The maximum absolute atomic E-state index is 12.7. The number of benzene rings is 1. The highest BCUT2D eigenvalue weighted by Gasteiger charge is 2.39. The molecule has 0 bridgehead atoms. The Hall–Kier alpha value is -1.88. The Morgan fingerprint density at radius 3 is 2.75 bits per heavy atom. The SMILES string of the molecule is Cc1ccc(C)c(NC(=O)C(=O)N2CCCC3CN(C)CCC32)c1. The van der Waals surface area contributed by atoms with Gasteiger partial charge in [0.05, 0.1) is 0 Å². The van der Waals surface area contributed by atoms with Crippen LogP contribution in [0, 0.1) is 19.8 Å². The van der Waals surface area contributed by atoms with E-state index in [0.29, 0.717) is 12.5 Å². The number of fused-ring (bicyclic) bond motifs is 1. The molecule has 3 rings (SSSR count). The molecule has 1 aromatic carbocycles. The maximum Gasteiger partial charge on any atom is 0.313 e. The molecule has 1 aromatic rings. The van der Waals surface area contributed by atoms with Crippen molar-refractivity contribution in [2.24, 2.45) is 5.92 Å². The first kappa shape index (κ1) is 17.0. The van der Waals surface area contributed by atoms with Gasteiger partial charge in [-0.2, -0.15) is 0 Å². The lowest BCUT2D eigenvalue weighted by Gasteiger charge is -2.46. The summed E-state index contributed by atoms with van der Waals surface area (Å²) in [6, 6.07) is 6.09. The highest BCUT2D eigenvalue weighted by atomic mass is 16.2. The monoisotopic (exact) mass is 329 g/mol. The van der Waals surface area contributed by atoms with Crippen molar-refractivity contribution >= 4 is 17.5 Å². The van der Waals surface area contributed by atoms with Gasteiger partial charge in [-0.15, -0.1) is 0 Å². The van der Waals surface area contributed by atoms with Crippen molar-refractivity contribution in [3.63, 3.8) is 0 Å². The third-order valence-corrected chi connectivity index (χ3v) is 5.37. The molecule has 130 valence electrons. The second-order valence-electron chi connectivity index (χ2n) is 7.29.